The topological polar surface area (TPSA) is 38.3 Å². The van der Waals surface area contributed by atoms with Gasteiger partial charge in [0.2, 0.25) is 5.83 Å². The van der Waals surface area contributed by atoms with E-state index in [0.717, 1.165) is 11.8 Å². The fraction of sp³-hybridized carbons (Fsp3) is 0.357. The summed E-state index contributed by atoms with van der Waals surface area (Å²) in [5.41, 5.74) is 1.42. The average molecular weight is 251 g/mol. The second kappa shape index (κ2) is 5.67. The Morgan fingerprint density at radius 3 is 2.50 bits per heavy atom. The smallest absolute Gasteiger partial charge is 0.287 e. The monoisotopic (exact) mass is 251 g/mol. The Labute approximate surface area is 107 Å². The van der Waals surface area contributed by atoms with Crippen molar-refractivity contribution in [2.24, 2.45) is 0 Å². The van der Waals surface area contributed by atoms with Gasteiger partial charge in [0.1, 0.15) is 6.26 Å². The lowest BCUT2D eigenvalue weighted by molar-refractivity contribution is -0.114. The number of carbonyl (C=O) groups excluding carboxylic acids is 1. The van der Waals surface area contributed by atoms with Crippen LogP contribution in [-0.4, -0.2) is 13.0 Å². The standard InChI is InChI=1S/C14H18FNO2/c1-14(2,3)10-7-5-6-8-12(10)16-13(17)11(15)9-18-4/h5-9H,1-4H3,(H,16,17)/b11-9+. The zero-order valence-electron chi connectivity index (χ0n) is 11.1. The Kier molecular flexibility index (Phi) is 4.48. The molecule has 0 fully saturated rings. The minimum absolute atomic E-state index is 0.134. The quantitative estimate of drug-likeness (QED) is 0.660. The molecule has 1 N–H and O–H groups in total. The van der Waals surface area contributed by atoms with Crippen LogP contribution in [0.5, 0.6) is 0 Å². The molecular weight excluding hydrogens is 233 g/mol. The Morgan fingerprint density at radius 1 is 1.33 bits per heavy atom. The summed E-state index contributed by atoms with van der Waals surface area (Å²) in [4.78, 5) is 11.5. The molecule has 0 aliphatic carbocycles. The van der Waals surface area contributed by atoms with Gasteiger partial charge >= 0.3 is 0 Å². The molecule has 0 spiro atoms. The summed E-state index contributed by atoms with van der Waals surface area (Å²) in [6.45, 7) is 6.08. The molecule has 0 unspecified atom stereocenters. The van der Waals surface area contributed by atoms with E-state index in [0.29, 0.717) is 5.69 Å². The number of benzene rings is 1. The van der Waals surface area contributed by atoms with Crippen LogP contribution in [0.15, 0.2) is 36.4 Å². The molecule has 0 saturated heterocycles. The third-order valence-electron chi connectivity index (χ3n) is 2.42. The second-order valence-corrected chi connectivity index (χ2v) is 4.95. The minimum atomic E-state index is -0.957. The molecule has 0 radical (unpaired) electrons. The van der Waals surface area contributed by atoms with Gasteiger partial charge in [0.15, 0.2) is 0 Å². The molecule has 0 heterocycles. The predicted octanol–water partition coefficient (Wildman–Crippen LogP) is 3.38. The molecule has 0 atom stereocenters. The van der Waals surface area contributed by atoms with Crippen molar-refractivity contribution in [2.45, 2.75) is 26.2 Å². The summed E-state index contributed by atoms with van der Waals surface area (Å²) < 4.78 is 17.7. The molecule has 0 bridgehead atoms. The summed E-state index contributed by atoms with van der Waals surface area (Å²) in [7, 11) is 1.29. The van der Waals surface area contributed by atoms with Gasteiger partial charge in [-0.1, -0.05) is 39.0 Å². The van der Waals surface area contributed by atoms with E-state index in [9.17, 15) is 9.18 Å². The number of methoxy groups -OCH3 is 1. The fourth-order valence-corrected chi connectivity index (χ4v) is 1.59. The number of amides is 1. The van der Waals surface area contributed by atoms with Crippen LogP contribution < -0.4 is 5.32 Å². The second-order valence-electron chi connectivity index (χ2n) is 4.95. The van der Waals surface area contributed by atoms with E-state index in [2.05, 4.69) is 10.1 Å². The zero-order valence-corrected chi connectivity index (χ0v) is 11.1. The van der Waals surface area contributed by atoms with Gasteiger partial charge in [-0.3, -0.25) is 4.79 Å². The lowest BCUT2D eigenvalue weighted by atomic mass is 9.86. The summed E-state index contributed by atoms with van der Waals surface area (Å²) >= 11 is 0. The van der Waals surface area contributed by atoms with Crippen molar-refractivity contribution in [1.82, 2.24) is 0 Å². The molecule has 0 aliphatic rings. The van der Waals surface area contributed by atoms with E-state index in [-0.39, 0.29) is 5.41 Å². The van der Waals surface area contributed by atoms with Crippen LogP contribution in [0.2, 0.25) is 0 Å². The predicted molar refractivity (Wildman–Crippen MR) is 70.0 cm³/mol. The summed E-state index contributed by atoms with van der Waals surface area (Å²) in [5, 5.41) is 2.54. The highest BCUT2D eigenvalue weighted by Crippen LogP contribution is 2.29. The number of hydrogen-bond donors (Lipinski definition) is 1. The normalized spacial score (nSPS) is 12.2. The van der Waals surface area contributed by atoms with Crippen LogP contribution in [0.1, 0.15) is 26.3 Å². The van der Waals surface area contributed by atoms with Crippen LogP contribution in [0, 0.1) is 0 Å². The SMILES string of the molecule is CO/C=C(/F)C(=O)Nc1ccccc1C(C)(C)C. The number of nitrogens with one attached hydrogen (secondary N) is 1. The lowest BCUT2D eigenvalue weighted by Gasteiger charge is -2.22. The van der Waals surface area contributed by atoms with E-state index in [1.165, 1.54) is 7.11 Å². The fourth-order valence-electron chi connectivity index (χ4n) is 1.59. The maximum atomic E-state index is 13.2. The molecule has 1 aromatic rings. The van der Waals surface area contributed by atoms with Gasteiger partial charge < -0.3 is 10.1 Å². The van der Waals surface area contributed by atoms with Crippen molar-refractivity contribution in [3.8, 4) is 0 Å². The highest BCUT2D eigenvalue weighted by Gasteiger charge is 2.19. The van der Waals surface area contributed by atoms with Gasteiger partial charge in [-0.15, -0.1) is 0 Å². The molecule has 98 valence electrons. The number of anilines is 1. The van der Waals surface area contributed by atoms with Crippen molar-refractivity contribution < 1.29 is 13.9 Å². The Balaban J connectivity index is 2.99. The third kappa shape index (κ3) is 3.58. The van der Waals surface area contributed by atoms with E-state index in [1.807, 2.05) is 32.9 Å². The van der Waals surface area contributed by atoms with Crippen molar-refractivity contribution in [1.29, 1.82) is 0 Å². The first-order valence-electron chi connectivity index (χ1n) is 5.65. The van der Waals surface area contributed by atoms with Gasteiger partial charge in [0.25, 0.3) is 5.91 Å². The van der Waals surface area contributed by atoms with E-state index in [4.69, 9.17) is 0 Å². The molecule has 0 aromatic heterocycles. The van der Waals surface area contributed by atoms with Crippen molar-refractivity contribution >= 4 is 11.6 Å². The van der Waals surface area contributed by atoms with Crippen LogP contribution in [0.3, 0.4) is 0 Å². The van der Waals surface area contributed by atoms with E-state index >= 15 is 0 Å². The lowest BCUT2D eigenvalue weighted by Crippen LogP contribution is -2.18. The van der Waals surface area contributed by atoms with Crippen LogP contribution >= 0.6 is 0 Å². The number of para-hydroxylation sites is 1. The first kappa shape index (κ1) is 14.2. The highest BCUT2D eigenvalue weighted by molar-refractivity contribution is 6.02. The number of ether oxygens (including phenoxy) is 1. The third-order valence-corrected chi connectivity index (χ3v) is 2.42. The maximum absolute atomic E-state index is 13.2. The minimum Gasteiger partial charge on any atom is -0.501 e. The molecule has 1 amide bonds. The average Bonchev–Trinajstić information content (AvgIpc) is 2.28. The highest BCUT2D eigenvalue weighted by atomic mass is 19.1. The van der Waals surface area contributed by atoms with Gasteiger partial charge in [0, 0.05) is 5.69 Å². The van der Waals surface area contributed by atoms with Crippen LogP contribution in [0.4, 0.5) is 10.1 Å². The summed E-state index contributed by atoms with van der Waals surface area (Å²) in [6, 6.07) is 7.34. The molecule has 1 rings (SSSR count). The molecular formula is C14H18FNO2. The molecule has 0 saturated carbocycles. The largest absolute Gasteiger partial charge is 0.501 e. The zero-order chi connectivity index (χ0) is 13.8. The van der Waals surface area contributed by atoms with Gasteiger partial charge in [0.05, 0.1) is 7.11 Å². The Hall–Kier alpha value is -1.84. The van der Waals surface area contributed by atoms with Crippen LogP contribution in [-0.2, 0) is 14.9 Å². The van der Waals surface area contributed by atoms with E-state index in [1.54, 1.807) is 12.1 Å². The Morgan fingerprint density at radius 2 is 1.94 bits per heavy atom. The molecule has 4 heteroatoms. The van der Waals surface area contributed by atoms with Gasteiger partial charge in [-0.25, -0.2) is 0 Å². The van der Waals surface area contributed by atoms with Crippen molar-refractivity contribution in [2.75, 3.05) is 12.4 Å². The maximum Gasteiger partial charge on any atom is 0.287 e. The first-order valence-corrected chi connectivity index (χ1v) is 5.65. The van der Waals surface area contributed by atoms with Gasteiger partial charge in [-0.2, -0.15) is 4.39 Å². The summed E-state index contributed by atoms with van der Waals surface area (Å²) in [5.74, 6) is -1.77. The molecule has 1 aromatic carbocycles. The molecule has 18 heavy (non-hydrogen) atoms. The molecule has 0 aliphatic heterocycles. The first-order chi connectivity index (χ1) is 8.36. The van der Waals surface area contributed by atoms with E-state index < -0.39 is 11.7 Å². The number of halogens is 1. The number of carbonyl (C=O) groups is 1. The molecule has 3 nitrogen and oxygen atoms in total. The van der Waals surface area contributed by atoms with Crippen LogP contribution in [0.25, 0.3) is 0 Å². The van der Waals surface area contributed by atoms with Crippen molar-refractivity contribution in [3.63, 3.8) is 0 Å². The number of rotatable bonds is 3. The van der Waals surface area contributed by atoms with Crippen molar-refractivity contribution in [3.05, 3.63) is 41.9 Å². The van der Waals surface area contributed by atoms with Gasteiger partial charge in [-0.05, 0) is 17.0 Å². The Bertz CT molecular complexity index is 461. The summed E-state index contributed by atoms with van der Waals surface area (Å²) in [6.07, 6.45) is 0.773. The number of hydrogen-bond acceptors (Lipinski definition) is 2.